The Kier molecular flexibility index (Phi) is 2.73. The molecular weight excluding hydrogens is 212 g/mol. The number of carbonyl (C=O) groups is 1. The molecular formula is C10H8N2O2S. The lowest BCUT2D eigenvalue weighted by Crippen LogP contribution is -2.00. The third kappa shape index (κ3) is 2.02. The zero-order valence-corrected chi connectivity index (χ0v) is 8.82. The smallest absolute Gasteiger partial charge is 0.357 e. The normalized spacial score (nSPS) is 9.93. The molecule has 0 N–H and O–H groups in total. The molecule has 0 aliphatic rings. The van der Waals surface area contributed by atoms with Crippen molar-refractivity contribution < 1.29 is 9.53 Å². The molecule has 0 bridgehead atoms. The predicted molar refractivity (Wildman–Crippen MR) is 56.7 cm³/mol. The first-order chi connectivity index (χ1) is 7.31. The van der Waals surface area contributed by atoms with E-state index in [0.29, 0.717) is 5.69 Å². The summed E-state index contributed by atoms with van der Waals surface area (Å²) < 4.78 is 4.58. The number of thiazole rings is 1. The number of nitrogens with zero attached hydrogens (tertiary/aromatic N) is 2. The second kappa shape index (κ2) is 4.18. The first-order valence-corrected chi connectivity index (χ1v) is 5.13. The van der Waals surface area contributed by atoms with Crippen LogP contribution >= 0.6 is 11.3 Å². The van der Waals surface area contributed by atoms with Crippen molar-refractivity contribution in [3.05, 3.63) is 35.6 Å². The van der Waals surface area contributed by atoms with E-state index in [0.717, 1.165) is 10.6 Å². The average molecular weight is 220 g/mol. The average Bonchev–Trinajstić information content (AvgIpc) is 2.78. The van der Waals surface area contributed by atoms with E-state index >= 15 is 0 Å². The van der Waals surface area contributed by atoms with E-state index in [2.05, 4.69) is 14.7 Å². The van der Waals surface area contributed by atoms with Gasteiger partial charge in [0, 0.05) is 23.3 Å². The molecule has 0 spiro atoms. The molecule has 0 fully saturated rings. The maximum atomic E-state index is 11.2. The number of rotatable bonds is 2. The van der Waals surface area contributed by atoms with E-state index in [9.17, 15) is 4.79 Å². The topological polar surface area (TPSA) is 52.1 Å². The van der Waals surface area contributed by atoms with Crippen LogP contribution in [-0.2, 0) is 4.74 Å². The summed E-state index contributed by atoms with van der Waals surface area (Å²) in [6.07, 6.45) is 3.40. The molecule has 5 heteroatoms. The zero-order valence-electron chi connectivity index (χ0n) is 8.01. The van der Waals surface area contributed by atoms with Gasteiger partial charge in [-0.25, -0.2) is 9.78 Å². The third-order valence-electron chi connectivity index (χ3n) is 1.81. The van der Waals surface area contributed by atoms with E-state index in [4.69, 9.17) is 0 Å². The highest BCUT2D eigenvalue weighted by atomic mass is 32.1. The minimum atomic E-state index is -0.415. The van der Waals surface area contributed by atoms with Crippen molar-refractivity contribution in [1.82, 2.24) is 9.97 Å². The van der Waals surface area contributed by atoms with Crippen molar-refractivity contribution in [3.63, 3.8) is 0 Å². The fraction of sp³-hybridized carbons (Fsp3) is 0.100. The quantitative estimate of drug-likeness (QED) is 0.726. The number of methoxy groups -OCH3 is 1. The predicted octanol–water partition coefficient (Wildman–Crippen LogP) is 1.99. The van der Waals surface area contributed by atoms with E-state index in [1.807, 2.05) is 12.1 Å². The summed E-state index contributed by atoms with van der Waals surface area (Å²) >= 11 is 1.39. The van der Waals surface area contributed by atoms with Crippen LogP contribution in [-0.4, -0.2) is 23.0 Å². The van der Waals surface area contributed by atoms with Gasteiger partial charge in [-0.05, 0) is 12.1 Å². The summed E-state index contributed by atoms with van der Waals surface area (Å²) in [6.45, 7) is 0. The SMILES string of the molecule is COC(=O)c1csc(-c2cccnc2)n1. The van der Waals surface area contributed by atoms with Crippen molar-refractivity contribution >= 4 is 17.3 Å². The van der Waals surface area contributed by atoms with Crippen LogP contribution in [0.3, 0.4) is 0 Å². The number of hydrogen-bond donors (Lipinski definition) is 0. The third-order valence-corrected chi connectivity index (χ3v) is 2.70. The molecule has 15 heavy (non-hydrogen) atoms. The van der Waals surface area contributed by atoms with Gasteiger partial charge in [0.25, 0.3) is 0 Å². The van der Waals surface area contributed by atoms with E-state index < -0.39 is 5.97 Å². The van der Waals surface area contributed by atoms with Gasteiger partial charge in [0.1, 0.15) is 5.01 Å². The van der Waals surface area contributed by atoms with Crippen molar-refractivity contribution in [2.45, 2.75) is 0 Å². The molecule has 4 nitrogen and oxygen atoms in total. The fourth-order valence-electron chi connectivity index (χ4n) is 1.09. The Morgan fingerprint density at radius 3 is 3.07 bits per heavy atom. The molecule has 0 unspecified atom stereocenters. The second-order valence-electron chi connectivity index (χ2n) is 2.77. The Hall–Kier alpha value is -1.75. The van der Waals surface area contributed by atoms with Crippen LogP contribution in [0.15, 0.2) is 29.9 Å². The first kappa shape index (κ1) is 9.79. The second-order valence-corrected chi connectivity index (χ2v) is 3.63. The highest BCUT2D eigenvalue weighted by Gasteiger charge is 2.11. The van der Waals surface area contributed by atoms with Crippen LogP contribution in [0.25, 0.3) is 10.6 Å². The van der Waals surface area contributed by atoms with Gasteiger partial charge in [-0.2, -0.15) is 0 Å². The maximum absolute atomic E-state index is 11.2. The standard InChI is InChI=1S/C10H8N2O2S/c1-14-10(13)8-6-15-9(12-8)7-3-2-4-11-5-7/h2-6H,1H3. The molecule has 2 rings (SSSR count). The van der Waals surface area contributed by atoms with Crippen molar-refractivity contribution in [2.75, 3.05) is 7.11 Å². The van der Waals surface area contributed by atoms with Gasteiger partial charge in [-0.1, -0.05) is 0 Å². The van der Waals surface area contributed by atoms with Crippen molar-refractivity contribution in [3.8, 4) is 10.6 Å². The molecule has 2 aromatic rings. The largest absolute Gasteiger partial charge is 0.464 e. The summed E-state index contributed by atoms with van der Waals surface area (Å²) in [4.78, 5) is 19.3. The van der Waals surface area contributed by atoms with Gasteiger partial charge in [0.15, 0.2) is 5.69 Å². The zero-order chi connectivity index (χ0) is 10.7. The Morgan fingerprint density at radius 2 is 2.40 bits per heavy atom. The number of carbonyl (C=O) groups excluding carboxylic acids is 1. The number of pyridine rings is 1. The van der Waals surface area contributed by atoms with Gasteiger partial charge in [0.05, 0.1) is 7.11 Å². The van der Waals surface area contributed by atoms with Crippen LogP contribution in [0.1, 0.15) is 10.5 Å². The van der Waals surface area contributed by atoms with Crippen molar-refractivity contribution in [1.29, 1.82) is 0 Å². The summed E-state index contributed by atoms with van der Waals surface area (Å²) in [5.74, 6) is -0.415. The molecule has 0 radical (unpaired) electrons. The molecule has 0 aliphatic carbocycles. The van der Waals surface area contributed by atoms with Crippen LogP contribution in [0.4, 0.5) is 0 Å². The van der Waals surface area contributed by atoms with Crippen LogP contribution in [0.5, 0.6) is 0 Å². The van der Waals surface area contributed by atoms with E-state index in [-0.39, 0.29) is 0 Å². The summed E-state index contributed by atoms with van der Waals surface area (Å²) in [6, 6.07) is 3.72. The van der Waals surface area contributed by atoms with Gasteiger partial charge >= 0.3 is 5.97 Å². The molecule has 0 atom stereocenters. The lowest BCUT2D eigenvalue weighted by molar-refractivity contribution is 0.0595. The Balaban J connectivity index is 2.32. The molecule has 0 saturated carbocycles. The molecule has 0 amide bonds. The molecule has 0 aromatic carbocycles. The van der Waals surface area contributed by atoms with Gasteiger partial charge in [-0.15, -0.1) is 11.3 Å². The van der Waals surface area contributed by atoms with Crippen LogP contribution < -0.4 is 0 Å². The fourth-order valence-corrected chi connectivity index (χ4v) is 1.87. The highest BCUT2D eigenvalue weighted by Crippen LogP contribution is 2.22. The maximum Gasteiger partial charge on any atom is 0.357 e. The van der Waals surface area contributed by atoms with Gasteiger partial charge < -0.3 is 4.74 Å². The lowest BCUT2D eigenvalue weighted by atomic mass is 10.3. The lowest BCUT2D eigenvalue weighted by Gasteiger charge is -1.93. The minimum Gasteiger partial charge on any atom is -0.464 e. The van der Waals surface area contributed by atoms with E-state index in [1.165, 1.54) is 18.4 Å². The number of aromatic nitrogens is 2. The highest BCUT2D eigenvalue weighted by molar-refractivity contribution is 7.13. The van der Waals surface area contributed by atoms with Gasteiger partial charge in [-0.3, -0.25) is 4.98 Å². The number of hydrogen-bond acceptors (Lipinski definition) is 5. The van der Waals surface area contributed by atoms with Crippen molar-refractivity contribution in [2.24, 2.45) is 0 Å². The summed E-state index contributed by atoms with van der Waals surface area (Å²) in [7, 11) is 1.34. The summed E-state index contributed by atoms with van der Waals surface area (Å²) in [5, 5.41) is 2.44. The molecule has 0 aliphatic heterocycles. The van der Waals surface area contributed by atoms with Crippen LogP contribution in [0, 0.1) is 0 Å². The van der Waals surface area contributed by atoms with E-state index in [1.54, 1.807) is 17.8 Å². The monoisotopic (exact) mass is 220 g/mol. The Bertz CT molecular complexity index is 467. The molecule has 0 saturated heterocycles. The number of esters is 1. The number of ether oxygens (including phenoxy) is 1. The summed E-state index contributed by atoms with van der Waals surface area (Å²) in [5.41, 5.74) is 1.24. The van der Waals surface area contributed by atoms with Crippen LogP contribution in [0.2, 0.25) is 0 Å². The molecule has 76 valence electrons. The molecule has 2 heterocycles. The minimum absolute atomic E-state index is 0.335. The molecule has 2 aromatic heterocycles. The Labute approximate surface area is 90.6 Å². The first-order valence-electron chi connectivity index (χ1n) is 4.25. The Morgan fingerprint density at radius 1 is 1.53 bits per heavy atom. The van der Waals surface area contributed by atoms with Gasteiger partial charge in [0.2, 0.25) is 0 Å².